The van der Waals surface area contributed by atoms with Gasteiger partial charge in [-0.25, -0.2) is 9.97 Å². The Kier molecular flexibility index (Phi) is 3.66. The molecule has 0 aliphatic heterocycles. The Balaban J connectivity index is 1.83. The lowest BCUT2D eigenvalue weighted by molar-refractivity contribution is 0.303. The van der Waals surface area contributed by atoms with Gasteiger partial charge in [0.25, 0.3) is 0 Å². The molecular weight excluding hydrogens is 220 g/mol. The summed E-state index contributed by atoms with van der Waals surface area (Å²) in [5.74, 6) is 1.51. The van der Waals surface area contributed by atoms with E-state index in [4.69, 9.17) is 18.0 Å². The molecule has 5 heteroatoms. The molecule has 0 atom stereocenters. The van der Waals surface area contributed by atoms with Crippen LogP contribution in [-0.2, 0) is 0 Å². The van der Waals surface area contributed by atoms with Gasteiger partial charge in [-0.2, -0.15) is 0 Å². The predicted molar refractivity (Wildman–Crippen MR) is 68.4 cm³/mol. The zero-order valence-corrected chi connectivity index (χ0v) is 9.96. The van der Waals surface area contributed by atoms with Crippen LogP contribution < -0.4 is 11.1 Å². The Labute approximate surface area is 101 Å². The van der Waals surface area contributed by atoms with Gasteiger partial charge in [-0.05, 0) is 18.4 Å². The fraction of sp³-hybridized carbons (Fsp3) is 0.545. The maximum absolute atomic E-state index is 5.50. The van der Waals surface area contributed by atoms with E-state index in [0.29, 0.717) is 16.6 Å². The molecule has 0 aromatic carbocycles. The largest absolute Gasteiger partial charge is 0.388 e. The molecule has 1 aromatic heterocycles. The molecule has 0 unspecified atom stereocenters. The second-order valence-electron chi connectivity index (χ2n) is 4.14. The highest BCUT2D eigenvalue weighted by Gasteiger charge is 2.16. The summed E-state index contributed by atoms with van der Waals surface area (Å²) in [7, 11) is 0. The van der Waals surface area contributed by atoms with Gasteiger partial charge in [-0.15, -0.1) is 0 Å². The molecular formula is C11H16N4S. The van der Waals surface area contributed by atoms with E-state index in [0.717, 1.165) is 12.5 Å². The van der Waals surface area contributed by atoms with E-state index >= 15 is 0 Å². The molecule has 0 spiro atoms. The SMILES string of the molecule is NC(=S)c1ccnc(NCCC2CCC2)n1. The Hall–Kier alpha value is -1.23. The monoisotopic (exact) mass is 236 g/mol. The van der Waals surface area contributed by atoms with Crippen LogP contribution in [0.3, 0.4) is 0 Å². The van der Waals surface area contributed by atoms with Gasteiger partial charge >= 0.3 is 0 Å². The Morgan fingerprint density at radius 3 is 3.00 bits per heavy atom. The molecule has 2 rings (SSSR count). The molecule has 0 radical (unpaired) electrons. The first-order valence-electron chi connectivity index (χ1n) is 5.62. The number of nitrogens with two attached hydrogens (primary N) is 1. The summed E-state index contributed by atoms with van der Waals surface area (Å²) in [5, 5.41) is 3.20. The molecule has 1 aliphatic carbocycles. The fourth-order valence-electron chi connectivity index (χ4n) is 1.75. The van der Waals surface area contributed by atoms with Crippen molar-refractivity contribution in [3.8, 4) is 0 Å². The average molecular weight is 236 g/mol. The minimum atomic E-state index is 0.310. The molecule has 1 aliphatic rings. The number of hydrogen-bond acceptors (Lipinski definition) is 4. The van der Waals surface area contributed by atoms with Crippen LogP contribution in [0.5, 0.6) is 0 Å². The number of anilines is 1. The number of rotatable bonds is 5. The zero-order chi connectivity index (χ0) is 11.4. The van der Waals surface area contributed by atoms with Crippen LogP contribution in [0.1, 0.15) is 31.4 Å². The fourth-order valence-corrected chi connectivity index (χ4v) is 1.86. The normalized spacial score (nSPS) is 15.5. The zero-order valence-electron chi connectivity index (χ0n) is 9.15. The van der Waals surface area contributed by atoms with Crippen LogP contribution in [0.2, 0.25) is 0 Å². The molecule has 16 heavy (non-hydrogen) atoms. The lowest BCUT2D eigenvalue weighted by Crippen LogP contribution is -2.17. The predicted octanol–water partition coefficient (Wildman–Crippen LogP) is 1.71. The Morgan fingerprint density at radius 1 is 1.56 bits per heavy atom. The van der Waals surface area contributed by atoms with E-state index in [9.17, 15) is 0 Å². The Bertz CT molecular complexity index is 376. The molecule has 0 saturated heterocycles. The van der Waals surface area contributed by atoms with Crippen LogP contribution in [-0.4, -0.2) is 21.5 Å². The first-order chi connectivity index (χ1) is 7.75. The highest BCUT2D eigenvalue weighted by atomic mass is 32.1. The summed E-state index contributed by atoms with van der Waals surface area (Å²) in [6, 6.07) is 1.72. The molecule has 1 fully saturated rings. The maximum Gasteiger partial charge on any atom is 0.223 e. The van der Waals surface area contributed by atoms with E-state index in [1.165, 1.54) is 25.7 Å². The molecule has 1 aromatic rings. The van der Waals surface area contributed by atoms with Crippen molar-refractivity contribution in [1.29, 1.82) is 0 Å². The molecule has 1 heterocycles. The minimum absolute atomic E-state index is 0.310. The average Bonchev–Trinajstić information content (AvgIpc) is 2.22. The van der Waals surface area contributed by atoms with E-state index in [2.05, 4.69) is 15.3 Å². The number of nitrogens with one attached hydrogen (secondary N) is 1. The standard InChI is InChI=1S/C11H16N4S/c12-10(16)9-5-7-14-11(15-9)13-6-4-8-2-1-3-8/h5,7-8H,1-4,6H2,(H2,12,16)(H,13,14,15). The highest BCUT2D eigenvalue weighted by Crippen LogP contribution is 2.28. The second kappa shape index (κ2) is 5.21. The first-order valence-corrected chi connectivity index (χ1v) is 6.03. The van der Waals surface area contributed by atoms with E-state index < -0.39 is 0 Å². The lowest BCUT2D eigenvalue weighted by atomic mass is 9.83. The summed E-state index contributed by atoms with van der Waals surface area (Å²) in [6.45, 7) is 0.922. The topological polar surface area (TPSA) is 63.8 Å². The number of thiocarbonyl (C=S) groups is 1. The smallest absolute Gasteiger partial charge is 0.223 e. The molecule has 0 bridgehead atoms. The summed E-state index contributed by atoms with van der Waals surface area (Å²) in [6.07, 6.45) is 7.00. The van der Waals surface area contributed by atoms with Crippen molar-refractivity contribution in [2.24, 2.45) is 11.7 Å². The molecule has 0 amide bonds. The van der Waals surface area contributed by atoms with Crippen LogP contribution in [0.25, 0.3) is 0 Å². The van der Waals surface area contributed by atoms with Crippen molar-refractivity contribution in [1.82, 2.24) is 9.97 Å². The summed E-state index contributed by atoms with van der Waals surface area (Å²) < 4.78 is 0. The molecule has 86 valence electrons. The van der Waals surface area contributed by atoms with Crippen LogP contribution in [0, 0.1) is 5.92 Å². The third-order valence-corrected chi connectivity index (χ3v) is 3.18. The van der Waals surface area contributed by atoms with Crippen molar-refractivity contribution in [2.45, 2.75) is 25.7 Å². The van der Waals surface area contributed by atoms with Gasteiger partial charge in [0.2, 0.25) is 5.95 Å². The van der Waals surface area contributed by atoms with Crippen molar-refractivity contribution < 1.29 is 0 Å². The van der Waals surface area contributed by atoms with Gasteiger partial charge in [-0.1, -0.05) is 31.5 Å². The van der Waals surface area contributed by atoms with Crippen LogP contribution in [0.15, 0.2) is 12.3 Å². The number of hydrogen-bond donors (Lipinski definition) is 2. The quantitative estimate of drug-likeness (QED) is 0.762. The van der Waals surface area contributed by atoms with Crippen molar-refractivity contribution in [3.05, 3.63) is 18.0 Å². The van der Waals surface area contributed by atoms with E-state index in [-0.39, 0.29) is 0 Å². The third-order valence-electron chi connectivity index (χ3n) is 2.97. The van der Waals surface area contributed by atoms with Gasteiger partial charge in [0.15, 0.2) is 0 Å². The van der Waals surface area contributed by atoms with Crippen LogP contribution >= 0.6 is 12.2 Å². The lowest BCUT2D eigenvalue weighted by Gasteiger charge is -2.25. The molecule has 1 saturated carbocycles. The third kappa shape index (κ3) is 2.88. The second-order valence-corrected chi connectivity index (χ2v) is 4.58. The van der Waals surface area contributed by atoms with E-state index in [1.807, 2.05) is 0 Å². The van der Waals surface area contributed by atoms with Crippen molar-refractivity contribution in [3.63, 3.8) is 0 Å². The van der Waals surface area contributed by atoms with Crippen molar-refractivity contribution >= 4 is 23.2 Å². The summed E-state index contributed by atoms with van der Waals surface area (Å²) in [4.78, 5) is 8.66. The molecule has 3 N–H and O–H groups in total. The number of aromatic nitrogens is 2. The Morgan fingerprint density at radius 2 is 2.38 bits per heavy atom. The van der Waals surface area contributed by atoms with Crippen LogP contribution in [0.4, 0.5) is 5.95 Å². The van der Waals surface area contributed by atoms with E-state index in [1.54, 1.807) is 12.3 Å². The first kappa shape index (κ1) is 11.3. The number of nitrogens with zero attached hydrogens (tertiary/aromatic N) is 2. The van der Waals surface area contributed by atoms with Gasteiger partial charge < -0.3 is 11.1 Å². The minimum Gasteiger partial charge on any atom is -0.388 e. The van der Waals surface area contributed by atoms with Gasteiger partial charge in [0, 0.05) is 12.7 Å². The summed E-state index contributed by atoms with van der Waals surface area (Å²) in [5.41, 5.74) is 6.13. The maximum atomic E-state index is 5.50. The summed E-state index contributed by atoms with van der Waals surface area (Å²) >= 11 is 4.86. The highest BCUT2D eigenvalue weighted by molar-refractivity contribution is 7.80. The van der Waals surface area contributed by atoms with Gasteiger partial charge in [0.1, 0.15) is 10.7 Å². The van der Waals surface area contributed by atoms with Crippen molar-refractivity contribution in [2.75, 3.05) is 11.9 Å². The molecule has 4 nitrogen and oxygen atoms in total. The van der Waals surface area contributed by atoms with Gasteiger partial charge in [-0.3, -0.25) is 0 Å². The van der Waals surface area contributed by atoms with Gasteiger partial charge in [0.05, 0.1) is 0 Å².